The van der Waals surface area contributed by atoms with Crippen LogP contribution >= 0.6 is 0 Å². The molecule has 148 valence electrons. The summed E-state index contributed by atoms with van der Waals surface area (Å²) in [5, 5.41) is 4.15. The number of hydrogen-bond donors (Lipinski definition) is 1. The molecular formula is C20H22FN3O3S. The molecular weight excluding hydrogens is 381 g/mol. The van der Waals surface area contributed by atoms with Crippen LogP contribution in [0.3, 0.4) is 0 Å². The summed E-state index contributed by atoms with van der Waals surface area (Å²) in [6.07, 6.45) is 1.67. The van der Waals surface area contributed by atoms with Crippen LogP contribution in [0, 0.1) is 5.82 Å². The maximum Gasteiger partial charge on any atom is 0.268 e. The lowest BCUT2D eigenvalue weighted by atomic mass is 10.1. The van der Waals surface area contributed by atoms with E-state index in [2.05, 4.69) is 10.2 Å². The summed E-state index contributed by atoms with van der Waals surface area (Å²) < 4.78 is 46.3. The minimum atomic E-state index is -3.84. The number of aromatic nitrogens is 1. The second-order valence-corrected chi connectivity index (χ2v) is 8.63. The number of nitrogens with one attached hydrogen (secondary N) is 1. The van der Waals surface area contributed by atoms with Crippen molar-refractivity contribution in [2.45, 2.75) is 11.4 Å². The number of ether oxygens (including phenoxy) is 1. The minimum Gasteiger partial charge on any atom is -0.497 e. The zero-order chi connectivity index (χ0) is 19.7. The van der Waals surface area contributed by atoms with Crippen molar-refractivity contribution in [2.24, 2.45) is 0 Å². The molecule has 2 heterocycles. The molecule has 1 aliphatic heterocycles. The van der Waals surface area contributed by atoms with E-state index in [1.165, 1.54) is 16.1 Å². The summed E-state index contributed by atoms with van der Waals surface area (Å²) in [6, 6.07) is 10.2. The van der Waals surface area contributed by atoms with Crippen molar-refractivity contribution in [1.29, 1.82) is 0 Å². The highest BCUT2D eigenvalue weighted by atomic mass is 32.2. The van der Waals surface area contributed by atoms with Gasteiger partial charge in [-0.3, -0.25) is 4.90 Å². The molecule has 0 bridgehead atoms. The maximum absolute atomic E-state index is 13.3. The predicted octanol–water partition coefficient (Wildman–Crippen LogP) is 2.43. The molecule has 1 aromatic heterocycles. The monoisotopic (exact) mass is 403 g/mol. The Labute approximate surface area is 163 Å². The van der Waals surface area contributed by atoms with Crippen LogP contribution < -0.4 is 10.1 Å². The van der Waals surface area contributed by atoms with Gasteiger partial charge in [0.15, 0.2) is 0 Å². The quantitative estimate of drug-likeness (QED) is 0.709. The van der Waals surface area contributed by atoms with Crippen molar-refractivity contribution in [1.82, 2.24) is 14.2 Å². The molecule has 0 amide bonds. The van der Waals surface area contributed by atoms with Gasteiger partial charge in [-0.05, 0) is 48.0 Å². The van der Waals surface area contributed by atoms with E-state index in [1.807, 2.05) is 6.07 Å². The van der Waals surface area contributed by atoms with Crippen molar-refractivity contribution in [3.63, 3.8) is 0 Å². The van der Waals surface area contributed by atoms with Crippen molar-refractivity contribution in [3.05, 3.63) is 60.0 Å². The maximum atomic E-state index is 13.3. The SMILES string of the molecule is COc1ccc2c(c1)c(CN1CCNCC1)cn2S(=O)(=O)c1ccc(F)cc1. The third-order valence-corrected chi connectivity index (χ3v) is 6.72. The van der Waals surface area contributed by atoms with E-state index in [4.69, 9.17) is 4.74 Å². The molecule has 0 atom stereocenters. The molecule has 3 aromatic rings. The molecule has 0 spiro atoms. The van der Waals surface area contributed by atoms with Crippen LogP contribution in [0.5, 0.6) is 5.75 Å². The average molecular weight is 403 g/mol. The number of rotatable bonds is 5. The van der Waals surface area contributed by atoms with Gasteiger partial charge in [-0.15, -0.1) is 0 Å². The Morgan fingerprint density at radius 2 is 1.82 bits per heavy atom. The van der Waals surface area contributed by atoms with Crippen LogP contribution in [0.2, 0.25) is 0 Å². The zero-order valence-electron chi connectivity index (χ0n) is 15.6. The Morgan fingerprint density at radius 1 is 1.11 bits per heavy atom. The summed E-state index contributed by atoms with van der Waals surface area (Å²) in [5.41, 5.74) is 1.50. The van der Waals surface area contributed by atoms with Gasteiger partial charge in [-0.2, -0.15) is 0 Å². The average Bonchev–Trinajstić information content (AvgIpc) is 3.07. The summed E-state index contributed by atoms with van der Waals surface area (Å²) in [5.74, 6) is 0.200. The van der Waals surface area contributed by atoms with Crippen LogP contribution in [0.25, 0.3) is 10.9 Å². The number of fused-ring (bicyclic) bond motifs is 1. The lowest BCUT2D eigenvalue weighted by molar-refractivity contribution is 0.234. The van der Waals surface area contributed by atoms with Gasteiger partial charge in [0.05, 0.1) is 17.5 Å². The fourth-order valence-electron chi connectivity index (χ4n) is 3.53. The summed E-state index contributed by atoms with van der Waals surface area (Å²) in [6.45, 7) is 4.28. The standard InChI is InChI=1S/C20H22FN3O3S/c1-27-17-4-7-20-19(12-17)15(13-23-10-8-22-9-11-23)14-24(20)28(25,26)18-5-2-16(21)3-6-18/h2-7,12,14,22H,8-11,13H2,1H3. The number of hydrogen-bond acceptors (Lipinski definition) is 5. The lowest BCUT2D eigenvalue weighted by Gasteiger charge is -2.26. The smallest absolute Gasteiger partial charge is 0.268 e. The largest absolute Gasteiger partial charge is 0.497 e. The molecule has 6 nitrogen and oxygen atoms in total. The topological polar surface area (TPSA) is 63.6 Å². The third kappa shape index (κ3) is 3.50. The minimum absolute atomic E-state index is 0.0512. The van der Waals surface area contributed by atoms with Crippen LogP contribution in [-0.2, 0) is 16.6 Å². The first-order chi connectivity index (χ1) is 13.5. The predicted molar refractivity (Wildman–Crippen MR) is 106 cm³/mol. The molecule has 1 fully saturated rings. The fourth-order valence-corrected chi connectivity index (χ4v) is 4.92. The van der Waals surface area contributed by atoms with E-state index in [0.717, 1.165) is 49.3 Å². The van der Waals surface area contributed by atoms with E-state index >= 15 is 0 Å². The highest BCUT2D eigenvalue weighted by molar-refractivity contribution is 7.90. The first-order valence-electron chi connectivity index (χ1n) is 9.11. The van der Waals surface area contributed by atoms with E-state index in [-0.39, 0.29) is 4.90 Å². The first-order valence-corrected chi connectivity index (χ1v) is 10.6. The molecule has 1 N–H and O–H groups in total. The highest BCUT2D eigenvalue weighted by Crippen LogP contribution is 2.30. The third-order valence-electron chi connectivity index (χ3n) is 5.03. The first kappa shape index (κ1) is 18.9. The Kier molecular flexibility index (Phi) is 5.09. The molecule has 28 heavy (non-hydrogen) atoms. The number of halogens is 1. The van der Waals surface area contributed by atoms with E-state index in [0.29, 0.717) is 17.8 Å². The van der Waals surface area contributed by atoms with Gasteiger partial charge in [0.2, 0.25) is 0 Å². The van der Waals surface area contributed by atoms with Crippen molar-refractivity contribution < 1.29 is 17.5 Å². The normalized spacial score (nSPS) is 15.8. The molecule has 0 aliphatic carbocycles. The van der Waals surface area contributed by atoms with Gasteiger partial charge in [-0.1, -0.05) is 0 Å². The molecule has 8 heteroatoms. The lowest BCUT2D eigenvalue weighted by Crippen LogP contribution is -2.42. The number of piperazine rings is 1. The van der Waals surface area contributed by atoms with E-state index < -0.39 is 15.8 Å². The van der Waals surface area contributed by atoms with E-state index in [1.54, 1.807) is 25.4 Å². The van der Waals surface area contributed by atoms with Crippen LogP contribution in [0.15, 0.2) is 53.6 Å². The molecule has 1 saturated heterocycles. The van der Waals surface area contributed by atoms with Crippen LogP contribution in [0.4, 0.5) is 4.39 Å². The Hall–Kier alpha value is -2.42. The second kappa shape index (κ2) is 7.54. The van der Waals surface area contributed by atoms with Gasteiger partial charge in [0.25, 0.3) is 10.0 Å². The molecule has 1 aliphatic rings. The van der Waals surface area contributed by atoms with Gasteiger partial charge in [0.1, 0.15) is 11.6 Å². The molecule has 2 aromatic carbocycles. The van der Waals surface area contributed by atoms with E-state index in [9.17, 15) is 12.8 Å². The molecule has 0 saturated carbocycles. The van der Waals surface area contributed by atoms with Crippen molar-refractivity contribution in [3.8, 4) is 5.75 Å². The van der Waals surface area contributed by atoms with Gasteiger partial charge in [-0.25, -0.2) is 16.8 Å². The summed E-state index contributed by atoms with van der Waals surface area (Å²) >= 11 is 0. The van der Waals surface area contributed by atoms with Gasteiger partial charge < -0.3 is 10.1 Å². The molecule has 4 rings (SSSR count). The number of nitrogens with zero attached hydrogens (tertiary/aromatic N) is 2. The highest BCUT2D eigenvalue weighted by Gasteiger charge is 2.23. The summed E-state index contributed by atoms with van der Waals surface area (Å²) in [7, 11) is -2.26. The van der Waals surface area contributed by atoms with Crippen molar-refractivity contribution >= 4 is 20.9 Å². The Balaban J connectivity index is 1.82. The number of benzene rings is 2. The fraction of sp³-hybridized carbons (Fsp3) is 0.300. The van der Waals surface area contributed by atoms with Gasteiger partial charge >= 0.3 is 0 Å². The molecule has 0 radical (unpaired) electrons. The zero-order valence-corrected chi connectivity index (χ0v) is 16.4. The van der Waals surface area contributed by atoms with Crippen molar-refractivity contribution in [2.75, 3.05) is 33.3 Å². The second-order valence-electron chi connectivity index (χ2n) is 6.82. The van der Waals surface area contributed by atoms with Crippen LogP contribution in [0.1, 0.15) is 5.56 Å². The molecule has 0 unspecified atom stereocenters. The van der Waals surface area contributed by atoms with Crippen LogP contribution in [-0.4, -0.2) is 50.6 Å². The summed E-state index contributed by atoms with van der Waals surface area (Å²) in [4.78, 5) is 2.34. The van der Waals surface area contributed by atoms with Gasteiger partial charge in [0, 0.05) is 44.3 Å². The Morgan fingerprint density at radius 3 is 2.50 bits per heavy atom. The number of methoxy groups -OCH3 is 1. The Bertz CT molecular complexity index is 1090.